The molecule has 10 heavy (non-hydrogen) atoms. The van der Waals surface area contributed by atoms with Gasteiger partial charge in [-0.15, -0.1) is 0 Å². The summed E-state index contributed by atoms with van der Waals surface area (Å²) >= 11 is 0. The number of hydrogen-bond acceptors (Lipinski definition) is 4. The summed E-state index contributed by atoms with van der Waals surface area (Å²) in [4.78, 5) is 0. The summed E-state index contributed by atoms with van der Waals surface area (Å²) in [6.45, 7) is 0.113. The zero-order valence-electron chi connectivity index (χ0n) is 5.86. The summed E-state index contributed by atoms with van der Waals surface area (Å²) in [5, 5.41) is 25.4. The Bertz CT molecular complexity index is 58.8. The molecule has 0 aliphatic carbocycles. The van der Waals surface area contributed by atoms with Gasteiger partial charge in [0, 0.05) is 13.0 Å². The molecule has 0 aromatic heterocycles. The van der Waals surface area contributed by atoms with Gasteiger partial charge in [-0.05, 0) is 6.42 Å². The fourth-order valence-electron chi connectivity index (χ4n) is 0.538. The Morgan fingerprint density at radius 2 is 1.90 bits per heavy atom. The topological polar surface area (TPSA) is 69.9 Å². The van der Waals surface area contributed by atoms with E-state index in [4.69, 9.17) is 15.3 Å². The molecule has 0 aliphatic rings. The molecule has 0 unspecified atom stereocenters. The van der Waals surface area contributed by atoms with E-state index in [0.29, 0.717) is 12.8 Å². The van der Waals surface area contributed by atoms with Gasteiger partial charge in [0.2, 0.25) is 0 Å². The maximum Gasteiger partial charge on any atom is 0.154 e. The Morgan fingerprint density at radius 1 is 1.20 bits per heavy atom. The van der Waals surface area contributed by atoms with Gasteiger partial charge in [0.05, 0.1) is 13.2 Å². The van der Waals surface area contributed by atoms with E-state index in [9.17, 15) is 0 Å². The van der Waals surface area contributed by atoms with Crippen molar-refractivity contribution in [1.29, 1.82) is 0 Å². The van der Waals surface area contributed by atoms with Crippen LogP contribution in [0, 0.1) is 0 Å². The number of ether oxygens (including phenoxy) is 1. The van der Waals surface area contributed by atoms with Gasteiger partial charge in [-0.1, -0.05) is 0 Å². The molecule has 0 bridgehead atoms. The largest absolute Gasteiger partial charge is 0.396 e. The van der Waals surface area contributed by atoms with Crippen molar-refractivity contribution in [3.8, 4) is 0 Å². The molecule has 3 N–H and O–H groups in total. The first-order valence-electron chi connectivity index (χ1n) is 3.32. The van der Waals surface area contributed by atoms with Crippen LogP contribution in [0.3, 0.4) is 0 Å². The van der Waals surface area contributed by atoms with Crippen molar-refractivity contribution in [2.24, 2.45) is 0 Å². The lowest BCUT2D eigenvalue weighted by atomic mass is 10.3. The quantitative estimate of drug-likeness (QED) is 0.428. The first kappa shape index (κ1) is 9.84. The van der Waals surface area contributed by atoms with Gasteiger partial charge in [-0.25, -0.2) is 0 Å². The van der Waals surface area contributed by atoms with Crippen LogP contribution >= 0.6 is 0 Å². The Balaban J connectivity index is 3.00. The van der Waals surface area contributed by atoms with Crippen LogP contribution in [0.5, 0.6) is 0 Å². The molecular weight excluding hydrogens is 136 g/mol. The Kier molecular flexibility index (Phi) is 6.84. The van der Waals surface area contributed by atoms with Gasteiger partial charge >= 0.3 is 0 Å². The lowest BCUT2D eigenvalue weighted by molar-refractivity contribution is -0.112. The molecule has 0 amide bonds. The lowest BCUT2D eigenvalue weighted by Gasteiger charge is -2.08. The molecule has 0 aromatic rings. The van der Waals surface area contributed by atoms with Gasteiger partial charge in [-0.3, -0.25) is 0 Å². The van der Waals surface area contributed by atoms with Crippen LogP contribution in [0.15, 0.2) is 0 Å². The Labute approximate surface area is 60.1 Å². The zero-order valence-corrected chi connectivity index (χ0v) is 5.86. The standard InChI is InChI=1S/C6H14O4/c7-3-1-2-6(9)10-5-4-8/h6-9H,1-5H2/t6-/m0/s1. The summed E-state index contributed by atoms with van der Waals surface area (Å²) in [6.07, 6.45) is 0.0858. The summed E-state index contributed by atoms with van der Waals surface area (Å²) in [5.41, 5.74) is 0. The molecule has 0 radical (unpaired) electrons. The third kappa shape index (κ3) is 5.97. The van der Waals surface area contributed by atoms with E-state index < -0.39 is 6.29 Å². The monoisotopic (exact) mass is 150 g/mol. The number of aliphatic hydroxyl groups excluding tert-OH is 3. The van der Waals surface area contributed by atoms with Crippen molar-refractivity contribution in [2.75, 3.05) is 19.8 Å². The van der Waals surface area contributed by atoms with Gasteiger partial charge in [0.1, 0.15) is 0 Å². The smallest absolute Gasteiger partial charge is 0.154 e. The highest BCUT2D eigenvalue weighted by Gasteiger charge is 2.01. The van der Waals surface area contributed by atoms with Crippen LogP contribution in [-0.4, -0.2) is 41.4 Å². The minimum Gasteiger partial charge on any atom is -0.396 e. The maximum atomic E-state index is 8.87. The third-order valence-corrected chi connectivity index (χ3v) is 1.01. The molecule has 0 aromatic carbocycles. The zero-order chi connectivity index (χ0) is 7.82. The van der Waals surface area contributed by atoms with Gasteiger partial charge < -0.3 is 20.1 Å². The minimum absolute atomic E-state index is 0.0551. The Hall–Kier alpha value is -0.160. The first-order chi connectivity index (χ1) is 4.81. The van der Waals surface area contributed by atoms with E-state index in [0.717, 1.165) is 0 Å². The maximum absolute atomic E-state index is 8.87. The molecular formula is C6H14O4. The molecule has 0 fully saturated rings. The fraction of sp³-hybridized carbons (Fsp3) is 1.00. The molecule has 1 atom stereocenters. The van der Waals surface area contributed by atoms with Gasteiger partial charge in [0.25, 0.3) is 0 Å². The summed E-state index contributed by atoms with van der Waals surface area (Å²) in [6, 6.07) is 0. The first-order valence-corrected chi connectivity index (χ1v) is 3.32. The normalized spacial score (nSPS) is 13.5. The second kappa shape index (κ2) is 6.95. The molecule has 62 valence electrons. The predicted molar refractivity (Wildman–Crippen MR) is 35.4 cm³/mol. The number of aliphatic hydroxyl groups is 3. The molecule has 4 heteroatoms. The van der Waals surface area contributed by atoms with E-state index in [-0.39, 0.29) is 19.8 Å². The highest BCUT2D eigenvalue weighted by molar-refractivity contribution is 4.41. The fourth-order valence-corrected chi connectivity index (χ4v) is 0.538. The van der Waals surface area contributed by atoms with Gasteiger partial charge in [0.15, 0.2) is 6.29 Å². The minimum atomic E-state index is -0.848. The van der Waals surface area contributed by atoms with Crippen molar-refractivity contribution in [1.82, 2.24) is 0 Å². The molecule has 0 saturated heterocycles. The van der Waals surface area contributed by atoms with Crippen molar-refractivity contribution in [3.05, 3.63) is 0 Å². The van der Waals surface area contributed by atoms with Gasteiger partial charge in [-0.2, -0.15) is 0 Å². The molecule has 0 spiro atoms. The van der Waals surface area contributed by atoms with Crippen LogP contribution < -0.4 is 0 Å². The molecule has 4 nitrogen and oxygen atoms in total. The summed E-state index contributed by atoms with van der Waals surface area (Å²) in [7, 11) is 0. The molecule has 0 heterocycles. The van der Waals surface area contributed by atoms with E-state index in [2.05, 4.69) is 4.74 Å². The van der Waals surface area contributed by atoms with Crippen molar-refractivity contribution in [3.63, 3.8) is 0 Å². The van der Waals surface area contributed by atoms with E-state index in [1.54, 1.807) is 0 Å². The van der Waals surface area contributed by atoms with E-state index in [1.807, 2.05) is 0 Å². The molecule has 0 saturated carbocycles. The molecule has 0 rings (SSSR count). The summed E-state index contributed by atoms with van der Waals surface area (Å²) < 4.78 is 4.69. The second-order valence-corrected chi connectivity index (χ2v) is 1.91. The average molecular weight is 150 g/mol. The van der Waals surface area contributed by atoms with E-state index in [1.165, 1.54) is 0 Å². The van der Waals surface area contributed by atoms with Crippen LogP contribution in [0.1, 0.15) is 12.8 Å². The van der Waals surface area contributed by atoms with E-state index >= 15 is 0 Å². The highest BCUT2D eigenvalue weighted by Crippen LogP contribution is 1.96. The second-order valence-electron chi connectivity index (χ2n) is 1.91. The number of hydrogen-bond donors (Lipinski definition) is 3. The Morgan fingerprint density at radius 3 is 2.40 bits per heavy atom. The molecule has 0 aliphatic heterocycles. The predicted octanol–water partition coefficient (Wildman–Crippen LogP) is -0.914. The lowest BCUT2D eigenvalue weighted by Crippen LogP contribution is -2.14. The van der Waals surface area contributed by atoms with Crippen molar-refractivity contribution < 1.29 is 20.1 Å². The van der Waals surface area contributed by atoms with Crippen LogP contribution in [0.4, 0.5) is 0 Å². The number of rotatable bonds is 6. The summed E-state index contributed by atoms with van der Waals surface area (Å²) in [5.74, 6) is 0. The van der Waals surface area contributed by atoms with Crippen molar-refractivity contribution >= 4 is 0 Å². The third-order valence-electron chi connectivity index (χ3n) is 1.01. The SMILES string of the molecule is OCCC[C@@H](O)OCCO. The van der Waals surface area contributed by atoms with Crippen molar-refractivity contribution in [2.45, 2.75) is 19.1 Å². The van der Waals surface area contributed by atoms with Crippen LogP contribution in [0.2, 0.25) is 0 Å². The van der Waals surface area contributed by atoms with Crippen LogP contribution in [-0.2, 0) is 4.74 Å². The van der Waals surface area contributed by atoms with Crippen LogP contribution in [0.25, 0.3) is 0 Å². The highest BCUT2D eigenvalue weighted by atomic mass is 16.6. The average Bonchev–Trinajstić information content (AvgIpc) is 1.97.